The first-order valence-corrected chi connectivity index (χ1v) is 2.61. The molecule has 0 radical (unpaired) electrons. The Hall–Kier alpha value is -0.780. The van der Waals surface area contributed by atoms with Crippen LogP contribution in [0.5, 0.6) is 0 Å². The highest BCUT2D eigenvalue weighted by Crippen LogP contribution is 2.55. The summed E-state index contributed by atoms with van der Waals surface area (Å²) >= 11 is 0. The third-order valence-electron chi connectivity index (χ3n) is 1.14. The van der Waals surface area contributed by atoms with Crippen molar-refractivity contribution >= 4 is 0 Å². The van der Waals surface area contributed by atoms with Gasteiger partial charge in [-0.2, -0.15) is 17.6 Å². The highest BCUT2D eigenvalue weighted by molar-refractivity contribution is 4.96. The van der Waals surface area contributed by atoms with Crippen LogP contribution in [-0.4, -0.2) is 18.3 Å². The molecule has 0 spiro atoms. The molecule has 1 rings (SSSR count). The molecule has 0 bridgehead atoms. The van der Waals surface area contributed by atoms with E-state index in [1.807, 2.05) is 0 Å². The van der Waals surface area contributed by atoms with E-state index in [0.29, 0.717) is 6.26 Å². The Morgan fingerprint density at radius 2 is 1.91 bits per heavy atom. The first-order chi connectivity index (χ1) is 4.94. The van der Waals surface area contributed by atoms with Crippen LogP contribution in [-0.2, 0) is 9.47 Å². The Labute approximate surface area is 59.4 Å². The van der Waals surface area contributed by atoms with Crippen LogP contribution in [0.4, 0.5) is 17.6 Å². The van der Waals surface area contributed by atoms with Crippen molar-refractivity contribution in [3.63, 3.8) is 0 Å². The zero-order valence-electron chi connectivity index (χ0n) is 5.19. The average Bonchev–Trinajstić information content (AvgIpc) is 2.35. The summed E-state index contributed by atoms with van der Waals surface area (Å²) in [5.74, 6) is -3.64. The summed E-state index contributed by atoms with van der Waals surface area (Å²) < 4.78 is 55.0. The van der Waals surface area contributed by atoms with Gasteiger partial charge < -0.3 is 4.74 Å². The maximum absolute atomic E-state index is 12.3. The molecule has 64 valence electrons. The van der Waals surface area contributed by atoms with E-state index in [0.717, 1.165) is 0 Å². The number of halogens is 4. The maximum atomic E-state index is 12.3. The van der Waals surface area contributed by atoms with Crippen molar-refractivity contribution in [3.05, 3.63) is 12.8 Å². The van der Waals surface area contributed by atoms with Crippen molar-refractivity contribution in [1.82, 2.24) is 0 Å². The monoisotopic (exact) mass is 172 g/mol. The van der Waals surface area contributed by atoms with E-state index in [1.54, 1.807) is 0 Å². The number of epoxide rings is 1. The number of hydrogen-bond donors (Lipinski definition) is 0. The minimum absolute atomic E-state index is 0.518. The number of alkyl halides is 4. The molecule has 0 amide bonds. The van der Waals surface area contributed by atoms with Gasteiger partial charge in [0, 0.05) is 0 Å². The molecule has 11 heavy (non-hydrogen) atoms. The van der Waals surface area contributed by atoms with Crippen molar-refractivity contribution in [2.45, 2.75) is 18.3 Å². The number of ether oxygens (including phenoxy) is 2. The molecular formula is C5H4F4O2. The first-order valence-electron chi connectivity index (χ1n) is 2.61. The predicted molar refractivity (Wildman–Crippen MR) is 26.0 cm³/mol. The molecule has 0 N–H and O–H groups in total. The van der Waals surface area contributed by atoms with Gasteiger partial charge in [-0.3, -0.25) is 4.74 Å². The molecular weight excluding hydrogens is 168 g/mol. The van der Waals surface area contributed by atoms with Crippen LogP contribution in [0.15, 0.2) is 12.8 Å². The fourth-order valence-electron chi connectivity index (χ4n) is 0.511. The quantitative estimate of drug-likeness (QED) is 0.367. The van der Waals surface area contributed by atoms with E-state index >= 15 is 0 Å². The lowest BCUT2D eigenvalue weighted by molar-refractivity contribution is -0.105. The van der Waals surface area contributed by atoms with Crippen molar-refractivity contribution < 1.29 is 27.0 Å². The normalized spacial score (nSPS) is 36.0. The Kier molecular flexibility index (Phi) is 1.59. The molecule has 0 saturated carbocycles. The first kappa shape index (κ1) is 8.32. The molecule has 1 aliphatic rings. The standard InChI is InChI=1S/C5H4F4O2/c1-2-10-3(6)4(7)5(8,9)11-4/h2-3H,1H2. The summed E-state index contributed by atoms with van der Waals surface area (Å²) in [6, 6.07) is 0. The Morgan fingerprint density at radius 3 is 2.18 bits per heavy atom. The Morgan fingerprint density at radius 1 is 1.45 bits per heavy atom. The zero-order chi connectivity index (χ0) is 8.70. The van der Waals surface area contributed by atoms with Crippen LogP contribution in [0.2, 0.25) is 0 Å². The van der Waals surface area contributed by atoms with E-state index in [4.69, 9.17) is 0 Å². The molecule has 1 fully saturated rings. The van der Waals surface area contributed by atoms with Gasteiger partial charge in [0.2, 0.25) is 0 Å². The van der Waals surface area contributed by atoms with Crippen molar-refractivity contribution in [2.75, 3.05) is 0 Å². The second-order valence-electron chi connectivity index (χ2n) is 1.88. The largest absolute Gasteiger partial charge is 0.463 e. The fraction of sp³-hybridized carbons (Fsp3) is 0.600. The lowest BCUT2D eigenvalue weighted by atomic mass is 10.4. The second-order valence-corrected chi connectivity index (χ2v) is 1.88. The van der Waals surface area contributed by atoms with Crippen molar-refractivity contribution in [3.8, 4) is 0 Å². The molecule has 2 unspecified atom stereocenters. The average molecular weight is 172 g/mol. The highest BCUT2D eigenvalue weighted by Gasteiger charge is 2.82. The highest BCUT2D eigenvalue weighted by atomic mass is 19.3. The zero-order valence-corrected chi connectivity index (χ0v) is 5.19. The van der Waals surface area contributed by atoms with Gasteiger partial charge in [-0.15, -0.1) is 0 Å². The smallest absolute Gasteiger partial charge is 0.424 e. The van der Waals surface area contributed by atoms with Crippen LogP contribution in [0.1, 0.15) is 0 Å². The summed E-state index contributed by atoms with van der Waals surface area (Å²) in [6.45, 7) is 2.86. The lowest BCUT2D eigenvalue weighted by Crippen LogP contribution is -2.27. The van der Waals surface area contributed by atoms with Gasteiger partial charge in [0.15, 0.2) is 0 Å². The minimum atomic E-state index is -4.09. The molecule has 2 atom stereocenters. The number of hydrogen-bond acceptors (Lipinski definition) is 2. The molecule has 1 aliphatic heterocycles. The van der Waals surface area contributed by atoms with Crippen LogP contribution < -0.4 is 0 Å². The minimum Gasteiger partial charge on any atom is -0.463 e. The third-order valence-corrected chi connectivity index (χ3v) is 1.14. The molecule has 2 nitrogen and oxygen atoms in total. The van der Waals surface area contributed by atoms with Gasteiger partial charge in [-0.25, -0.2) is 0 Å². The Bertz CT molecular complexity index is 183. The van der Waals surface area contributed by atoms with Gasteiger partial charge in [0.1, 0.15) is 0 Å². The summed E-state index contributed by atoms with van der Waals surface area (Å²) in [5, 5.41) is 0. The lowest BCUT2D eigenvalue weighted by Gasteiger charge is -2.06. The molecule has 1 heterocycles. The van der Waals surface area contributed by atoms with Gasteiger partial charge in [0.05, 0.1) is 6.26 Å². The maximum Gasteiger partial charge on any atom is 0.424 e. The van der Waals surface area contributed by atoms with E-state index in [2.05, 4.69) is 16.1 Å². The van der Waals surface area contributed by atoms with Crippen LogP contribution >= 0.6 is 0 Å². The van der Waals surface area contributed by atoms with Gasteiger partial charge in [-0.05, 0) is 0 Å². The van der Waals surface area contributed by atoms with Crippen molar-refractivity contribution in [2.24, 2.45) is 0 Å². The molecule has 1 saturated heterocycles. The molecule has 6 heteroatoms. The van der Waals surface area contributed by atoms with Crippen LogP contribution in [0, 0.1) is 0 Å². The summed E-state index contributed by atoms with van der Waals surface area (Å²) in [5.41, 5.74) is 0. The molecule has 0 aromatic rings. The van der Waals surface area contributed by atoms with Crippen LogP contribution in [0.25, 0.3) is 0 Å². The predicted octanol–water partition coefficient (Wildman–Crippen LogP) is 1.73. The van der Waals surface area contributed by atoms with Crippen molar-refractivity contribution in [1.29, 1.82) is 0 Å². The Balaban J connectivity index is 2.56. The van der Waals surface area contributed by atoms with E-state index in [1.165, 1.54) is 0 Å². The molecule has 0 aliphatic carbocycles. The summed E-state index contributed by atoms with van der Waals surface area (Å²) in [4.78, 5) is 0. The number of rotatable bonds is 3. The van der Waals surface area contributed by atoms with Gasteiger partial charge in [-0.1, -0.05) is 6.58 Å². The van der Waals surface area contributed by atoms with Gasteiger partial charge >= 0.3 is 18.3 Å². The fourth-order valence-corrected chi connectivity index (χ4v) is 0.511. The summed E-state index contributed by atoms with van der Waals surface area (Å²) in [7, 11) is 0. The van der Waals surface area contributed by atoms with E-state index in [-0.39, 0.29) is 0 Å². The van der Waals surface area contributed by atoms with E-state index < -0.39 is 18.3 Å². The second kappa shape index (κ2) is 2.10. The third kappa shape index (κ3) is 1.07. The topological polar surface area (TPSA) is 21.8 Å². The van der Waals surface area contributed by atoms with Gasteiger partial charge in [0.25, 0.3) is 0 Å². The van der Waals surface area contributed by atoms with Crippen LogP contribution in [0.3, 0.4) is 0 Å². The molecule has 0 aromatic heterocycles. The summed E-state index contributed by atoms with van der Waals surface area (Å²) in [6.07, 6.45) is -6.41. The molecule has 0 aromatic carbocycles. The SMILES string of the molecule is C=COC(F)C1(F)OC1(F)F. The van der Waals surface area contributed by atoms with E-state index in [9.17, 15) is 17.6 Å².